The molecule has 0 saturated carbocycles. The summed E-state index contributed by atoms with van der Waals surface area (Å²) >= 11 is 6.79. The molecule has 0 atom stereocenters. The fourth-order valence-corrected chi connectivity index (χ4v) is 4.05. The van der Waals surface area contributed by atoms with Gasteiger partial charge in [-0.1, -0.05) is 26.0 Å². The number of amides is 1. The minimum atomic E-state index is -0.145. The van der Waals surface area contributed by atoms with Crippen LogP contribution in [-0.4, -0.2) is 11.0 Å². The second kappa shape index (κ2) is 7.32. The molecule has 4 nitrogen and oxygen atoms in total. The SMILES string of the molecule is CC(C)c1ccc(NC(=S)NNC(=O)c2cc3c(s2)CCC3)cc1. The van der Waals surface area contributed by atoms with E-state index in [2.05, 4.69) is 42.1 Å². The summed E-state index contributed by atoms with van der Waals surface area (Å²) in [7, 11) is 0. The van der Waals surface area contributed by atoms with Crippen molar-refractivity contribution in [2.45, 2.75) is 39.0 Å². The average Bonchev–Trinajstić information content (AvgIpc) is 3.14. The molecule has 3 rings (SSSR count). The molecule has 24 heavy (non-hydrogen) atoms. The van der Waals surface area contributed by atoms with Gasteiger partial charge in [0, 0.05) is 10.6 Å². The number of fused-ring (bicyclic) bond motifs is 1. The number of anilines is 1. The number of hydrogen-bond acceptors (Lipinski definition) is 3. The summed E-state index contributed by atoms with van der Waals surface area (Å²) in [5, 5.41) is 3.43. The summed E-state index contributed by atoms with van der Waals surface area (Å²) in [6.07, 6.45) is 3.37. The van der Waals surface area contributed by atoms with Crippen molar-refractivity contribution in [3.8, 4) is 0 Å². The number of carbonyl (C=O) groups is 1. The molecule has 0 spiro atoms. The van der Waals surface area contributed by atoms with E-state index in [0.29, 0.717) is 11.0 Å². The van der Waals surface area contributed by atoms with Gasteiger partial charge in [0.25, 0.3) is 5.91 Å². The maximum absolute atomic E-state index is 12.2. The number of hydrogen-bond donors (Lipinski definition) is 3. The van der Waals surface area contributed by atoms with Crippen LogP contribution >= 0.6 is 23.6 Å². The Hall–Kier alpha value is -1.92. The fourth-order valence-electron chi connectivity index (χ4n) is 2.73. The lowest BCUT2D eigenvalue weighted by Crippen LogP contribution is -2.43. The van der Waals surface area contributed by atoms with E-state index < -0.39 is 0 Å². The van der Waals surface area contributed by atoms with Gasteiger partial charge in [-0.05, 0) is 66.7 Å². The molecule has 0 saturated heterocycles. The van der Waals surface area contributed by atoms with Crippen molar-refractivity contribution in [2.24, 2.45) is 0 Å². The maximum atomic E-state index is 12.2. The molecule has 1 amide bonds. The molecular weight excluding hydrogens is 338 g/mol. The van der Waals surface area contributed by atoms with E-state index in [9.17, 15) is 4.79 Å². The zero-order chi connectivity index (χ0) is 17.1. The Bertz CT molecular complexity index is 729. The van der Waals surface area contributed by atoms with Gasteiger partial charge in [0.15, 0.2) is 5.11 Å². The monoisotopic (exact) mass is 359 g/mol. The molecule has 0 bridgehead atoms. The van der Waals surface area contributed by atoms with Gasteiger partial charge in [0.2, 0.25) is 0 Å². The maximum Gasteiger partial charge on any atom is 0.279 e. The normalized spacial score (nSPS) is 12.8. The molecule has 1 aliphatic rings. The number of aryl methyl sites for hydroxylation is 2. The molecule has 0 fully saturated rings. The number of nitrogens with one attached hydrogen (secondary N) is 3. The Labute approximate surface area is 151 Å². The first kappa shape index (κ1) is 16.9. The van der Waals surface area contributed by atoms with Crippen LogP contribution in [0.5, 0.6) is 0 Å². The summed E-state index contributed by atoms with van der Waals surface area (Å²) < 4.78 is 0. The van der Waals surface area contributed by atoms with E-state index in [0.717, 1.165) is 23.4 Å². The van der Waals surface area contributed by atoms with Gasteiger partial charge < -0.3 is 5.32 Å². The molecule has 1 aromatic carbocycles. The molecule has 1 heterocycles. The highest BCUT2D eigenvalue weighted by Gasteiger charge is 2.18. The predicted molar refractivity (Wildman–Crippen MR) is 104 cm³/mol. The Kier molecular flexibility index (Phi) is 5.16. The van der Waals surface area contributed by atoms with E-state index >= 15 is 0 Å². The van der Waals surface area contributed by atoms with Crippen LogP contribution in [0.15, 0.2) is 30.3 Å². The molecule has 0 aliphatic heterocycles. The summed E-state index contributed by atoms with van der Waals surface area (Å²) in [4.78, 5) is 14.2. The lowest BCUT2D eigenvalue weighted by molar-refractivity contribution is 0.0948. The quantitative estimate of drug-likeness (QED) is 0.573. The highest BCUT2D eigenvalue weighted by atomic mass is 32.1. The Morgan fingerprint density at radius 1 is 1.17 bits per heavy atom. The van der Waals surface area contributed by atoms with Gasteiger partial charge in [-0.2, -0.15) is 0 Å². The van der Waals surface area contributed by atoms with Crippen molar-refractivity contribution in [1.82, 2.24) is 10.9 Å². The van der Waals surface area contributed by atoms with E-state index in [1.807, 2.05) is 18.2 Å². The third-order valence-electron chi connectivity index (χ3n) is 4.10. The number of rotatable bonds is 3. The zero-order valence-corrected chi connectivity index (χ0v) is 15.4. The second-order valence-electron chi connectivity index (χ2n) is 6.22. The second-order valence-corrected chi connectivity index (χ2v) is 7.77. The molecular formula is C18H21N3OS2. The highest BCUT2D eigenvalue weighted by molar-refractivity contribution is 7.80. The Morgan fingerprint density at radius 3 is 2.58 bits per heavy atom. The molecule has 0 radical (unpaired) electrons. The third kappa shape index (κ3) is 3.94. The number of benzene rings is 1. The molecule has 3 N–H and O–H groups in total. The lowest BCUT2D eigenvalue weighted by atomic mass is 10.0. The summed E-state index contributed by atoms with van der Waals surface area (Å²) in [6, 6.07) is 10.1. The number of carbonyl (C=O) groups excluding carboxylic acids is 1. The van der Waals surface area contributed by atoms with Crippen LogP contribution in [0.3, 0.4) is 0 Å². The van der Waals surface area contributed by atoms with E-state index in [1.54, 1.807) is 11.3 Å². The van der Waals surface area contributed by atoms with Gasteiger partial charge in [0.05, 0.1) is 4.88 Å². The number of hydrazine groups is 1. The van der Waals surface area contributed by atoms with Gasteiger partial charge >= 0.3 is 0 Å². The highest BCUT2D eigenvalue weighted by Crippen LogP contribution is 2.30. The van der Waals surface area contributed by atoms with Crippen LogP contribution in [0, 0.1) is 0 Å². The average molecular weight is 360 g/mol. The van der Waals surface area contributed by atoms with Crippen LogP contribution in [0.1, 0.15) is 51.9 Å². The molecule has 0 unspecified atom stereocenters. The van der Waals surface area contributed by atoms with Crippen LogP contribution in [-0.2, 0) is 12.8 Å². The van der Waals surface area contributed by atoms with Crippen molar-refractivity contribution in [2.75, 3.05) is 5.32 Å². The van der Waals surface area contributed by atoms with Gasteiger partial charge in [-0.3, -0.25) is 15.6 Å². The Balaban J connectivity index is 1.50. The summed E-state index contributed by atoms with van der Waals surface area (Å²) in [6.45, 7) is 4.31. The largest absolute Gasteiger partial charge is 0.331 e. The van der Waals surface area contributed by atoms with E-state index in [-0.39, 0.29) is 5.91 Å². The molecule has 1 aromatic heterocycles. The summed E-state index contributed by atoms with van der Waals surface area (Å²) in [5.74, 6) is 0.351. The molecule has 1 aliphatic carbocycles. The Morgan fingerprint density at radius 2 is 1.92 bits per heavy atom. The molecule has 6 heteroatoms. The molecule has 126 valence electrons. The first-order chi connectivity index (χ1) is 11.5. The first-order valence-electron chi connectivity index (χ1n) is 8.12. The van der Waals surface area contributed by atoms with Crippen LogP contribution in [0.2, 0.25) is 0 Å². The lowest BCUT2D eigenvalue weighted by Gasteiger charge is -2.12. The van der Waals surface area contributed by atoms with Crippen LogP contribution < -0.4 is 16.2 Å². The van der Waals surface area contributed by atoms with Crippen molar-refractivity contribution < 1.29 is 4.79 Å². The third-order valence-corrected chi connectivity index (χ3v) is 5.54. The number of thiocarbonyl (C=S) groups is 1. The summed E-state index contributed by atoms with van der Waals surface area (Å²) in [5.41, 5.74) is 8.90. The van der Waals surface area contributed by atoms with Crippen molar-refractivity contribution in [1.29, 1.82) is 0 Å². The first-order valence-corrected chi connectivity index (χ1v) is 9.34. The number of thiophene rings is 1. The van der Waals surface area contributed by atoms with Gasteiger partial charge in [-0.25, -0.2) is 0 Å². The van der Waals surface area contributed by atoms with E-state index in [1.165, 1.54) is 22.4 Å². The fraction of sp³-hybridized carbons (Fsp3) is 0.333. The minimum absolute atomic E-state index is 0.145. The van der Waals surface area contributed by atoms with Crippen LogP contribution in [0.25, 0.3) is 0 Å². The molecule has 2 aromatic rings. The van der Waals surface area contributed by atoms with Crippen molar-refractivity contribution >= 4 is 40.3 Å². The van der Waals surface area contributed by atoms with E-state index in [4.69, 9.17) is 12.2 Å². The van der Waals surface area contributed by atoms with Crippen molar-refractivity contribution in [3.05, 3.63) is 51.2 Å². The van der Waals surface area contributed by atoms with Gasteiger partial charge in [0.1, 0.15) is 0 Å². The van der Waals surface area contributed by atoms with Crippen molar-refractivity contribution in [3.63, 3.8) is 0 Å². The van der Waals surface area contributed by atoms with Gasteiger partial charge in [-0.15, -0.1) is 11.3 Å². The smallest absolute Gasteiger partial charge is 0.279 e. The standard InChI is InChI=1S/C18H21N3OS2/c1-11(2)12-6-8-14(9-7-12)19-18(23)21-20-17(22)16-10-13-4-3-5-15(13)24-16/h6-11H,3-5H2,1-2H3,(H,20,22)(H2,19,21,23). The minimum Gasteiger partial charge on any atom is -0.331 e. The predicted octanol–water partition coefficient (Wildman–Crippen LogP) is 3.99. The zero-order valence-electron chi connectivity index (χ0n) is 13.8. The van der Waals surface area contributed by atoms with Crippen LogP contribution in [0.4, 0.5) is 5.69 Å². The topological polar surface area (TPSA) is 53.2 Å².